The van der Waals surface area contributed by atoms with Gasteiger partial charge in [0.15, 0.2) is 0 Å². The van der Waals surface area contributed by atoms with Crippen LogP contribution in [0.4, 0.5) is 0 Å². The van der Waals surface area contributed by atoms with E-state index in [-0.39, 0.29) is 6.10 Å². The second-order valence-corrected chi connectivity index (χ2v) is 8.67. The number of aliphatic hydroxyl groups is 1. The Morgan fingerprint density at radius 1 is 1.07 bits per heavy atom. The lowest BCUT2D eigenvalue weighted by Crippen LogP contribution is -2.15. The molecule has 1 unspecified atom stereocenters. The van der Waals surface area contributed by atoms with Crippen LogP contribution in [0.15, 0.2) is 48.5 Å². The molecule has 0 radical (unpaired) electrons. The molecule has 2 nitrogen and oxygen atoms in total. The SMILES string of the molecule is CCCSCC(O)Cc1cccc(C2CCCC2)c1OCc1ccccc1. The molecule has 146 valence electrons. The molecular formula is C24H32O2S. The van der Waals surface area contributed by atoms with Crippen molar-refractivity contribution in [3.63, 3.8) is 0 Å². The molecule has 0 aliphatic heterocycles. The fourth-order valence-electron chi connectivity index (χ4n) is 3.91. The van der Waals surface area contributed by atoms with E-state index in [4.69, 9.17) is 4.74 Å². The first-order valence-electron chi connectivity index (χ1n) is 10.3. The van der Waals surface area contributed by atoms with Crippen LogP contribution in [-0.4, -0.2) is 22.7 Å². The van der Waals surface area contributed by atoms with Crippen molar-refractivity contribution < 1.29 is 9.84 Å². The molecule has 2 aromatic carbocycles. The van der Waals surface area contributed by atoms with Gasteiger partial charge in [0.05, 0.1) is 6.10 Å². The average molecular weight is 385 g/mol. The first kappa shape index (κ1) is 20.3. The molecule has 0 saturated heterocycles. The van der Waals surface area contributed by atoms with E-state index >= 15 is 0 Å². The highest BCUT2D eigenvalue weighted by atomic mass is 32.2. The Labute approximate surface area is 168 Å². The summed E-state index contributed by atoms with van der Waals surface area (Å²) in [6.07, 6.45) is 6.62. The molecule has 1 saturated carbocycles. The van der Waals surface area contributed by atoms with Crippen LogP contribution in [0.25, 0.3) is 0 Å². The number of rotatable bonds is 10. The summed E-state index contributed by atoms with van der Waals surface area (Å²) >= 11 is 1.84. The third-order valence-corrected chi connectivity index (χ3v) is 6.58. The molecule has 27 heavy (non-hydrogen) atoms. The van der Waals surface area contributed by atoms with E-state index in [1.54, 1.807) is 0 Å². The van der Waals surface area contributed by atoms with Gasteiger partial charge in [-0.3, -0.25) is 0 Å². The molecule has 3 rings (SSSR count). The summed E-state index contributed by atoms with van der Waals surface area (Å²) in [5, 5.41) is 10.5. The summed E-state index contributed by atoms with van der Waals surface area (Å²) in [4.78, 5) is 0. The van der Waals surface area contributed by atoms with Gasteiger partial charge in [-0.05, 0) is 47.6 Å². The summed E-state index contributed by atoms with van der Waals surface area (Å²) < 4.78 is 6.38. The molecule has 0 heterocycles. The first-order valence-corrected chi connectivity index (χ1v) is 11.5. The molecule has 0 bridgehead atoms. The predicted molar refractivity (Wildman–Crippen MR) is 116 cm³/mol. The molecular weight excluding hydrogens is 352 g/mol. The molecule has 1 fully saturated rings. The van der Waals surface area contributed by atoms with Crippen LogP contribution in [0.1, 0.15) is 61.6 Å². The van der Waals surface area contributed by atoms with Gasteiger partial charge in [0.25, 0.3) is 0 Å². The van der Waals surface area contributed by atoms with Crippen molar-refractivity contribution in [3.05, 3.63) is 65.2 Å². The Bertz CT molecular complexity index is 680. The highest BCUT2D eigenvalue weighted by Crippen LogP contribution is 2.40. The summed E-state index contributed by atoms with van der Waals surface area (Å²) in [5.41, 5.74) is 3.68. The highest BCUT2D eigenvalue weighted by Gasteiger charge is 2.23. The summed E-state index contributed by atoms with van der Waals surface area (Å²) in [5.74, 6) is 3.52. The zero-order chi connectivity index (χ0) is 18.9. The Morgan fingerprint density at radius 3 is 2.59 bits per heavy atom. The van der Waals surface area contributed by atoms with Crippen LogP contribution in [0.5, 0.6) is 5.75 Å². The normalized spacial score (nSPS) is 15.8. The van der Waals surface area contributed by atoms with Crippen molar-refractivity contribution in [2.45, 2.75) is 64.1 Å². The summed E-state index contributed by atoms with van der Waals surface area (Å²) in [6, 6.07) is 16.9. The Balaban J connectivity index is 1.77. The maximum atomic E-state index is 10.5. The summed E-state index contributed by atoms with van der Waals surface area (Å²) in [7, 11) is 0. The van der Waals surface area contributed by atoms with Crippen molar-refractivity contribution in [2.75, 3.05) is 11.5 Å². The van der Waals surface area contributed by atoms with E-state index in [1.807, 2.05) is 17.8 Å². The number of aliphatic hydroxyl groups excluding tert-OH is 1. The number of hydrogen-bond acceptors (Lipinski definition) is 3. The highest BCUT2D eigenvalue weighted by molar-refractivity contribution is 7.99. The lowest BCUT2D eigenvalue weighted by molar-refractivity contribution is 0.197. The number of para-hydroxylation sites is 1. The number of thioether (sulfide) groups is 1. The van der Waals surface area contributed by atoms with Crippen LogP contribution in [0.3, 0.4) is 0 Å². The minimum absolute atomic E-state index is 0.320. The first-order chi connectivity index (χ1) is 13.3. The van der Waals surface area contributed by atoms with Crippen LogP contribution in [0.2, 0.25) is 0 Å². The minimum Gasteiger partial charge on any atom is -0.488 e. The third kappa shape index (κ3) is 6.02. The monoisotopic (exact) mass is 384 g/mol. The molecule has 1 atom stereocenters. The van der Waals surface area contributed by atoms with Crippen molar-refractivity contribution in [2.24, 2.45) is 0 Å². The van der Waals surface area contributed by atoms with Gasteiger partial charge in [0.1, 0.15) is 12.4 Å². The van der Waals surface area contributed by atoms with E-state index in [0.29, 0.717) is 18.9 Å². The molecule has 2 aromatic rings. The quantitative estimate of drug-likeness (QED) is 0.512. The maximum Gasteiger partial charge on any atom is 0.126 e. The summed E-state index contributed by atoms with van der Waals surface area (Å²) in [6.45, 7) is 2.76. The van der Waals surface area contributed by atoms with Crippen molar-refractivity contribution in [1.29, 1.82) is 0 Å². The molecule has 1 N–H and O–H groups in total. The van der Waals surface area contributed by atoms with Crippen LogP contribution < -0.4 is 4.74 Å². The van der Waals surface area contributed by atoms with Gasteiger partial charge in [-0.1, -0.05) is 68.3 Å². The predicted octanol–water partition coefficient (Wildman–Crippen LogP) is 5.97. The lowest BCUT2D eigenvalue weighted by atomic mass is 9.93. The van der Waals surface area contributed by atoms with Gasteiger partial charge in [0.2, 0.25) is 0 Å². The number of hydrogen-bond donors (Lipinski definition) is 1. The molecule has 0 amide bonds. The van der Waals surface area contributed by atoms with E-state index in [9.17, 15) is 5.11 Å². The van der Waals surface area contributed by atoms with Crippen LogP contribution in [0, 0.1) is 0 Å². The Morgan fingerprint density at radius 2 is 1.85 bits per heavy atom. The van der Waals surface area contributed by atoms with E-state index in [1.165, 1.54) is 36.8 Å². The largest absolute Gasteiger partial charge is 0.488 e. The van der Waals surface area contributed by atoms with Crippen molar-refractivity contribution >= 4 is 11.8 Å². The van der Waals surface area contributed by atoms with E-state index in [2.05, 4.69) is 49.4 Å². The standard InChI is InChI=1S/C24H32O2S/c1-2-15-27-18-22(25)16-21-13-8-14-23(20-11-6-7-12-20)24(21)26-17-19-9-4-3-5-10-19/h3-5,8-10,13-14,20,22,25H,2,6-7,11-12,15-18H2,1H3. The fraction of sp³-hybridized carbons (Fsp3) is 0.500. The number of benzene rings is 2. The van der Waals surface area contributed by atoms with Gasteiger partial charge < -0.3 is 9.84 Å². The second kappa shape index (κ2) is 10.8. The zero-order valence-corrected chi connectivity index (χ0v) is 17.2. The molecule has 3 heteroatoms. The molecule has 0 spiro atoms. The van der Waals surface area contributed by atoms with E-state index in [0.717, 1.165) is 29.2 Å². The Hall–Kier alpha value is -1.45. The van der Waals surface area contributed by atoms with Crippen LogP contribution in [-0.2, 0) is 13.0 Å². The van der Waals surface area contributed by atoms with Crippen molar-refractivity contribution in [3.8, 4) is 5.75 Å². The molecule has 1 aliphatic carbocycles. The maximum absolute atomic E-state index is 10.5. The minimum atomic E-state index is -0.320. The van der Waals surface area contributed by atoms with Gasteiger partial charge in [-0.15, -0.1) is 0 Å². The average Bonchev–Trinajstić information content (AvgIpc) is 3.22. The van der Waals surface area contributed by atoms with Gasteiger partial charge >= 0.3 is 0 Å². The van der Waals surface area contributed by atoms with E-state index < -0.39 is 0 Å². The fourth-order valence-corrected chi connectivity index (χ4v) is 4.75. The van der Waals surface area contributed by atoms with Gasteiger partial charge in [-0.2, -0.15) is 11.8 Å². The number of ether oxygens (including phenoxy) is 1. The zero-order valence-electron chi connectivity index (χ0n) is 16.4. The van der Waals surface area contributed by atoms with Gasteiger partial charge in [-0.25, -0.2) is 0 Å². The topological polar surface area (TPSA) is 29.5 Å². The lowest BCUT2D eigenvalue weighted by Gasteiger charge is -2.21. The van der Waals surface area contributed by atoms with Gasteiger partial charge in [0, 0.05) is 12.2 Å². The molecule has 1 aliphatic rings. The van der Waals surface area contributed by atoms with Crippen LogP contribution >= 0.6 is 11.8 Å². The molecule has 0 aromatic heterocycles. The third-order valence-electron chi connectivity index (χ3n) is 5.26. The van der Waals surface area contributed by atoms with Crippen molar-refractivity contribution in [1.82, 2.24) is 0 Å². The Kier molecular flexibility index (Phi) is 8.10. The smallest absolute Gasteiger partial charge is 0.126 e. The second-order valence-electron chi connectivity index (χ2n) is 7.52.